The Morgan fingerprint density at radius 1 is 1.03 bits per heavy atom. The molecule has 7 nitrogen and oxygen atoms in total. The summed E-state index contributed by atoms with van der Waals surface area (Å²) in [6.45, 7) is 3.33. The van der Waals surface area contributed by atoms with Gasteiger partial charge in [0.2, 0.25) is 5.91 Å². The van der Waals surface area contributed by atoms with Gasteiger partial charge in [0.15, 0.2) is 11.5 Å². The van der Waals surface area contributed by atoms with Crippen molar-refractivity contribution in [2.45, 2.75) is 45.1 Å². The number of benzene rings is 1. The number of likely N-dealkylation sites (tertiary alicyclic amines) is 2. The first-order valence-electron chi connectivity index (χ1n) is 11.4. The Bertz CT molecular complexity index is 902. The molecule has 2 saturated heterocycles. The van der Waals surface area contributed by atoms with Crippen molar-refractivity contribution in [3.05, 3.63) is 40.3 Å². The second kappa shape index (κ2) is 10.8. The summed E-state index contributed by atoms with van der Waals surface area (Å²) in [6, 6.07) is 5.27. The number of carbonyl (C=O) groups excluding carboxylic acids is 2. The predicted octanol–water partition coefficient (Wildman–Crippen LogP) is 3.99. The van der Waals surface area contributed by atoms with E-state index in [1.807, 2.05) is 15.2 Å². The molecule has 0 atom stereocenters. The monoisotopic (exact) mass is 457 g/mol. The molecule has 0 saturated carbocycles. The maximum absolute atomic E-state index is 13.1. The van der Waals surface area contributed by atoms with Gasteiger partial charge in [-0.15, -0.1) is 11.3 Å². The molecular weight excluding hydrogens is 426 g/mol. The highest BCUT2D eigenvalue weighted by Gasteiger charge is 2.31. The van der Waals surface area contributed by atoms with Gasteiger partial charge in [-0.2, -0.15) is 0 Å². The van der Waals surface area contributed by atoms with Crippen LogP contribution in [0, 0.1) is 5.92 Å². The molecule has 0 unspecified atom stereocenters. The minimum absolute atomic E-state index is 0.0324. The molecule has 0 bridgehead atoms. The lowest BCUT2D eigenvalue weighted by Crippen LogP contribution is -2.44. The summed E-state index contributed by atoms with van der Waals surface area (Å²) in [5.41, 5.74) is 3.19. The van der Waals surface area contributed by atoms with Crippen molar-refractivity contribution in [1.29, 1.82) is 0 Å². The minimum Gasteiger partial charge on any atom is -0.493 e. The molecule has 2 amide bonds. The highest BCUT2D eigenvalue weighted by Crippen LogP contribution is 2.30. The zero-order chi connectivity index (χ0) is 22.3. The molecule has 8 heteroatoms. The van der Waals surface area contributed by atoms with Crippen LogP contribution in [0.2, 0.25) is 0 Å². The van der Waals surface area contributed by atoms with Gasteiger partial charge in [-0.25, -0.2) is 4.98 Å². The molecule has 32 heavy (non-hydrogen) atoms. The van der Waals surface area contributed by atoms with Crippen molar-refractivity contribution < 1.29 is 19.1 Å². The van der Waals surface area contributed by atoms with Crippen LogP contribution < -0.4 is 9.47 Å². The number of nitrogens with zero attached hydrogens (tertiary/aromatic N) is 3. The summed E-state index contributed by atoms with van der Waals surface area (Å²) < 4.78 is 11.3. The Labute approximate surface area is 193 Å². The molecule has 0 N–H and O–H groups in total. The van der Waals surface area contributed by atoms with Gasteiger partial charge < -0.3 is 19.3 Å². The van der Waals surface area contributed by atoms with E-state index in [2.05, 4.69) is 4.98 Å². The summed E-state index contributed by atoms with van der Waals surface area (Å²) in [5.74, 6) is 1.39. The van der Waals surface area contributed by atoms with E-state index < -0.39 is 0 Å². The predicted molar refractivity (Wildman–Crippen MR) is 123 cm³/mol. The SMILES string of the molecule is COc1cc(C(=O)N2CCC(C(=O)N3CCCCCC3)CC2)ccc1OCc1cscn1. The smallest absolute Gasteiger partial charge is 0.253 e. The molecule has 172 valence electrons. The van der Waals surface area contributed by atoms with E-state index >= 15 is 0 Å². The summed E-state index contributed by atoms with van der Waals surface area (Å²) in [7, 11) is 1.57. The molecule has 1 aromatic carbocycles. The largest absolute Gasteiger partial charge is 0.493 e. The molecule has 4 rings (SSSR count). The van der Waals surface area contributed by atoms with Gasteiger partial charge >= 0.3 is 0 Å². The normalized spacial score (nSPS) is 17.7. The van der Waals surface area contributed by atoms with Crippen LogP contribution in [0.1, 0.15) is 54.6 Å². The Balaban J connectivity index is 1.33. The van der Waals surface area contributed by atoms with Gasteiger partial charge in [-0.3, -0.25) is 9.59 Å². The van der Waals surface area contributed by atoms with E-state index in [1.165, 1.54) is 24.2 Å². The van der Waals surface area contributed by atoms with E-state index in [1.54, 1.807) is 30.8 Å². The number of thiazole rings is 1. The maximum Gasteiger partial charge on any atom is 0.253 e. The highest BCUT2D eigenvalue weighted by molar-refractivity contribution is 7.07. The van der Waals surface area contributed by atoms with E-state index in [4.69, 9.17) is 9.47 Å². The summed E-state index contributed by atoms with van der Waals surface area (Å²) in [6.07, 6.45) is 6.10. The molecule has 0 spiro atoms. The molecule has 2 aliphatic heterocycles. The van der Waals surface area contributed by atoms with Crippen molar-refractivity contribution in [1.82, 2.24) is 14.8 Å². The second-order valence-electron chi connectivity index (χ2n) is 8.44. The number of ether oxygens (including phenoxy) is 2. The quantitative estimate of drug-likeness (QED) is 0.656. The number of methoxy groups -OCH3 is 1. The van der Waals surface area contributed by atoms with E-state index in [0.717, 1.165) is 44.5 Å². The molecule has 2 fully saturated rings. The molecule has 1 aromatic heterocycles. The molecule has 2 aromatic rings. The fraction of sp³-hybridized carbons (Fsp3) is 0.542. The van der Waals surface area contributed by atoms with Crippen LogP contribution in [0.3, 0.4) is 0 Å². The third kappa shape index (κ3) is 5.41. The van der Waals surface area contributed by atoms with Crippen LogP contribution in [-0.2, 0) is 11.4 Å². The Morgan fingerprint density at radius 2 is 1.78 bits per heavy atom. The second-order valence-corrected chi connectivity index (χ2v) is 9.16. The van der Waals surface area contributed by atoms with Crippen LogP contribution in [0.15, 0.2) is 29.1 Å². The lowest BCUT2D eigenvalue weighted by molar-refractivity contribution is -0.136. The number of hydrogen-bond donors (Lipinski definition) is 0. The first-order valence-corrected chi connectivity index (χ1v) is 12.4. The molecular formula is C24H31N3O4S. The number of rotatable bonds is 6. The van der Waals surface area contributed by atoms with Gasteiger partial charge in [-0.05, 0) is 43.9 Å². The first kappa shape index (κ1) is 22.6. The number of amides is 2. The van der Waals surface area contributed by atoms with Crippen LogP contribution in [0.4, 0.5) is 0 Å². The van der Waals surface area contributed by atoms with Crippen LogP contribution in [0.5, 0.6) is 11.5 Å². The van der Waals surface area contributed by atoms with E-state index in [9.17, 15) is 9.59 Å². The fourth-order valence-electron chi connectivity index (χ4n) is 4.44. The van der Waals surface area contributed by atoms with Crippen molar-refractivity contribution >= 4 is 23.2 Å². The average molecular weight is 458 g/mol. The third-order valence-corrected chi connectivity index (χ3v) is 6.95. The average Bonchev–Trinajstić information content (AvgIpc) is 3.22. The lowest BCUT2D eigenvalue weighted by atomic mass is 9.94. The van der Waals surface area contributed by atoms with Crippen molar-refractivity contribution in [3.8, 4) is 11.5 Å². The molecule has 0 aliphatic carbocycles. The number of carbonyl (C=O) groups is 2. The summed E-state index contributed by atoms with van der Waals surface area (Å²) in [4.78, 5) is 34.1. The van der Waals surface area contributed by atoms with E-state index in [0.29, 0.717) is 36.8 Å². The molecule has 3 heterocycles. The van der Waals surface area contributed by atoms with E-state index in [-0.39, 0.29) is 17.7 Å². The maximum atomic E-state index is 13.1. The van der Waals surface area contributed by atoms with Gasteiger partial charge in [0, 0.05) is 43.0 Å². The van der Waals surface area contributed by atoms with Crippen LogP contribution in [-0.4, -0.2) is 59.9 Å². The molecule has 0 radical (unpaired) electrons. The van der Waals surface area contributed by atoms with Crippen LogP contribution in [0.25, 0.3) is 0 Å². The summed E-state index contributed by atoms with van der Waals surface area (Å²) >= 11 is 1.52. The Kier molecular flexibility index (Phi) is 7.63. The third-order valence-electron chi connectivity index (χ3n) is 6.32. The fourth-order valence-corrected chi connectivity index (χ4v) is 4.98. The topological polar surface area (TPSA) is 72.0 Å². The van der Waals surface area contributed by atoms with Gasteiger partial charge in [0.1, 0.15) is 6.61 Å². The Morgan fingerprint density at radius 3 is 2.44 bits per heavy atom. The van der Waals surface area contributed by atoms with Gasteiger partial charge in [-0.1, -0.05) is 12.8 Å². The number of piperidine rings is 1. The zero-order valence-corrected chi connectivity index (χ0v) is 19.4. The highest BCUT2D eigenvalue weighted by atomic mass is 32.1. The minimum atomic E-state index is -0.0324. The Hall–Kier alpha value is -2.61. The zero-order valence-electron chi connectivity index (χ0n) is 18.6. The summed E-state index contributed by atoms with van der Waals surface area (Å²) in [5, 5.41) is 1.94. The van der Waals surface area contributed by atoms with Crippen molar-refractivity contribution in [3.63, 3.8) is 0 Å². The number of hydrogen-bond acceptors (Lipinski definition) is 6. The standard InChI is InChI=1S/C24H31N3O4S/c1-30-22-14-19(6-7-21(22)31-15-20-16-32-17-25-20)24(29)27-12-8-18(9-13-27)23(28)26-10-4-2-3-5-11-26/h6-7,14,16-18H,2-5,8-13,15H2,1H3. The van der Waals surface area contributed by atoms with Gasteiger partial charge in [0.25, 0.3) is 5.91 Å². The lowest BCUT2D eigenvalue weighted by Gasteiger charge is -2.34. The van der Waals surface area contributed by atoms with Crippen molar-refractivity contribution in [2.24, 2.45) is 5.92 Å². The first-order chi connectivity index (χ1) is 15.7. The van der Waals surface area contributed by atoms with Crippen molar-refractivity contribution in [2.75, 3.05) is 33.3 Å². The molecule has 2 aliphatic rings. The number of aromatic nitrogens is 1. The van der Waals surface area contributed by atoms with Crippen LogP contribution >= 0.6 is 11.3 Å². The van der Waals surface area contributed by atoms with Gasteiger partial charge in [0.05, 0.1) is 18.3 Å².